The van der Waals surface area contributed by atoms with Gasteiger partial charge in [-0.05, 0) is 24.3 Å². The second-order valence-electron chi connectivity index (χ2n) is 3.72. The molecule has 1 aromatic heterocycles. The summed E-state index contributed by atoms with van der Waals surface area (Å²) in [4.78, 5) is 0. The first-order valence-corrected chi connectivity index (χ1v) is 7.02. The Hall–Kier alpha value is -2.37. The molecule has 0 radical (unpaired) electrons. The number of nitrogens with one attached hydrogen (secondary N) is 2. The van der Waals surface area contributed by atoms with Crippen LogP contribution in [0.5, 0.6) is 0 Å². The molecule has 0 aliphatic rings. The smallest absolute Gasteiger partial charge is 0.278 e. The van der Waals surface area contributed by atoms with E-state index < -0.39 is 15.8 Å². The normalized spacial score (nSPS) is 10.7. The van der Waals surface area contributed by atoms with Crippen LogP contribution in [0.4, 0.5) is 10.1 Å². The first kappa shape index (κ1) is 14.0. The molecule has 8 heteroatoms. The average Bonchev–Trinajstić information content (AvgIpc) is 2.93. The molecule has 0 unspecified atom stereocenters. The summed E-state index contributed by atoms with van der Waals surface area (Å²) >= 11 is 0. The Bertz CT molecular complexity index is 760. The van der Waals surface area contributed by atoms with E-state index in [0.717, 1.165) is 12.1 Å². The van der Waals surface area contributed by atoms with Gasteiger partial charge in [0.25, 0.3) is 10.0 Å². The molecule has 2 aromatic rings. The quantitative estimate of drug-likeness (QED) is 0.724. The van der Waals surface area contributed by atoms with Crippen LogP contribution in [0, 0.1) is 17.7 Å². The van der Waals surface area contributed by atoms with Crippen molar-refractivity contribution >= 4 is 15.7 Å². The van der Waals surface area contributed by atoms with E-state index in [4.69, 9.17) is 5.73 Å². The molecule has 0 saturated carbocycles. The molecule has 0 spiro atoms. The van der Waals surface area contributed by atoms with Crippen molar-refractivity contribution in [2.45, 2.75) is 5.03 Å². The third-order valence-corrected chi connectivity index (χ3v) is 3.61. The number of halogens is 1. The number of H-pyrrole nitrogens is 1. The van der Waals surface area contributed by atoms with Gasteiger partial charge in [0.15, 0.2) is 5.03 Å². The van der Waals surface area contributed by atoms with Crippen molar-refractivity contribution in [1.29, 1.82) is 0 Å². The molecule has 6 nitrogen and oxygen atoms in total. The van der Waals surface area contributed by atoms with Gasteiger partial charge in [0.2, 0.25) is 0 Å². The third kappa shape index (κ3) is 3.14. The largest absolute Gasteiger partial charge is 0.320 e. The monoisotopic (exact) mass is 294 g/mol. The van der Waals surface area contributed by atoms with E-state index >= 15 is 0 Å². The number of hydrogen-bond donors (Lipinski definition) is 3. The Kier molecular flexibility index (Phi) is 4.02. The fourth-order valence-corrected chi connectivity index (χ4v) is 2.44. The molecule has 0 aliphatic carbocycles. The van der Waals surface area contributed by atoms with Crippen LogP contribution >= 0.6 is 0 Å². The maximum absolute atomic E-state index is 13.2. The minimum atomic E-state index is -3.82. The lowest BCUT2D eigenvalue weighted by molar-refractivity contribution is 0.597. The molecule has 4 N–H and O–H groups in total. The zero-order chi connectivity index (χ0) is 14.6. The van der Waals surface area contributed by atoms with Gasteiger partial charge in [0, 0.05) is 0 Å². The minimum Gasteiger partial charge on any atom is -0.320 e. The molecule has 0 fully saturated rings. The Morgan fingerprint density at radius 1 is 1.40 bits per heavy atom. The first-order valence-electron chi connectivity index (χ1n) is 5.53. The molecular formula is C12H11FN4O2S. The van der Waals surface area contributed by atoms with Gasteiger partial charge in [-0.15, -0.1) is 0 Å². The van der Waals surface area contributed by atoms with E-state index in [1.807, 2.05) is 0 Å². The number of nitrogens with zero attached hydrogens (tertiary/aromatic N) is 1. The molecule has 20 heavy (non-hydrogen) atoms. The summed E-state index contributed by atoms with van der Waals surface area (Å²) in [6.07, 6.45) is 1.31. The van der Waals surface area contributed by atoms with Crippen LogP contribution in [0.2, 0.25) is 0 Å². The molecule has 0 atom stereocenters. The molecule has 0 saturated heterocycles. The summed E-state index contributed by atoms with van der Waals surface area (Å²) in [5.41, 5.74) is 5.63. The highest BCUT2D eigenvalue weighted by atomic mass is 32.2. The Labute approximate surface area is 115 Å². The van der Waals surface area contributed by atoms with Gasteiger partial charge < -0.3 is 5.73 Å². The maximum Gasteiger partial charge on any atom is 0.278 e. The summed E-state index contributed by atoms with van der Waals surface area (Å²) in [5.74, 6) is 4.64. The zero-order valence-electron chi connectivity index (χ0n) is 10.2. The molecule has 0 bridgehead atoms. The zero-order valence-corrected chi connectivity index (χ0v) is 11.0. The van der Waals surface area contributed by atoms with E-state index in [2.05, 4.69) is 26.8 Å². The van der Waals surface area contributed by atoms with Gasteiger partial charge >= 0.3 is 0 Å². The molecule has 1 aromatic carbocycles. The van der Waals surface area contributed by atoms with Crippen LogP contribution < -0.4 is 10.5 Å². The van der Waals surface area contributed by atoms with E-state index in [0.29, 0.717) is 0 Å². The highest BCUT2D eigenvalue weighted by Crippen LogP contribution is 2.19. The summed E-state index contributed by atoms with van der Waals surface area (Å²) in [7, 11) is -3.82. The lowest BCUT2D eigenvalue weighted by Gasteiger charge is -2.08. The summed E-state index contributed by atoms with van der Waals surface area (Å²) in [6.45, 7) is 0.0866. The SMILES string of the molecule is NCC#Cc1cc(F)ccc1NS(=O)(=O)c1ccn[nH]1. The molecule has 2 rings (SSSR count). The highest BCUT2D eigenvalue weighted by Gasteiger charge is 2.17. The minimum absolute atomic E-state index is 0.0866. The van der Waals surface area contributed by atoms with Crippen molar-refractivity contribution in [3.63, 3.8) is 0 Å². The van der Waals surface area contributed by atoms with Crippen LogP contribution in [-0.4, -0.2) is 25.2 Å². The van der Waals surface area contributed by atoms with Crippen LogP contribution in [0.25, 0.3) is 0 Å². The first-order chi connectivity index (χ1) is 9.53. The van der Waals surface area contributed by atoms with E-state index in [1.165, 1.54) is 18.3 Å². The standard InChI is InChI=1S/C12H11FN4O2S/c13-10-3-4-11(9(8-10)2-1-6-14)17-20(18,19)12-5-7-15-16-12/h3-5,7-8,17H,6,14H2,(H,15,16). The molecule has 104 valence electrons. The molecular weight excluding hydrogens is 283 g/mol. The van der Waals surface area contributed by atoms with E-state index in [1.54, 1.807) is 0 Å². The third-order valence-electron chi connectivity index (χ3n) is 2.32. The van der Waals surface area contributed by atoms with Gasteiger partial charge in [-0.25, -0.2) is 4.39 Å². The molecule has 0 aliphatic heterocycles. The summed E-state index contributed by atoms with van der Waals surface area (Å²) < 4.78 is 39.6. The van der Waals surface area contributed by atoms with Crippen molar-refractivity contribution in [2.75, 3.05) is 11.3 Å². The lowest BCUT2D eigenvalue weighted by atomic mass is 10.2. The number of aromatic nitrogens is 2. The molecule has 1 heterocycles. The van der Waals surface area contributed by atoms with Gasteiger partial charge in [-0.2, -0.15) is 13.5 Å². The average molecular weight is 294 g/mol. The van der Waals surface area contributed by atoms with Crippen LogP contribution in [0.15, 0.2) is 35.5 Å². The van der Waals surface area contributed by atoms with Gasteiger partial charge in [0.05, 0.1) is 24.0 Å². The van der Waals surface area contributed by atoms with Crippen LogP contribution in [0.1, 0.15) is 5.56 Å². The van der Waals surface area contributed by atoms with Gasteiger partial charge in [0.1, 0.15) is 5.82 Å². The number of anilines is 1. The number of nitrogens with two attached hydrogens (primary N) is 1. The summed E-state index contributed by atoms with van der Waals surface area (Å²) in [6, 6.07) is 4.87. The van der Waals surface area contributed by atoms with Crippen molar-refractivity contribution < 1.29 is 12.8 Å². The van der Waals surface area contributed by atoms with Crippen molar-refractivity contribution in [3.8, 4) is 11.8 Å². The van der Waals surface area contributed by atoms with Crippen molar-refractivity contribution in [2.24, 2.45) is 5.73 Å². The second-order valence-corrected chi connectivity index (χ2v) is 5.37. The van der Waals surface area contributed by atoms with Crippen molar-refractivity contribution in [1.82, 2.24) is 10.2 Å². The van der Waals surface area contributed by atoms with Gasteiger partial charge in [-0.1, -0.05) is 11.8 Å². The number of rotatable bonds is 3. The number of benzene rings is 1. The van der Waals surface area contributed by atoms with Crippen LogP contribution in [0.3, 0.4) is 0 Å². The topological polar surface area (TPSA) is 101 Å². The van der Waals surface area contributed by atoms with E-state index in [-0.39, 0.29) is 22.8 Å². The van der Waals surface area contributed by atoms with E-state index in [9.17, 15) is 12.8 Å². The Morgan fingerprint density at radius 2 is 2.20 bits per heavy atom. The van der Waals surface area contributed by atoms with Gasteiger partial charge in [-0.3, -0.25) is 9.82 Å². The highest BCUT2D eigenvalue weighted by molar-refractivity contribution is 7.92. The molecule has 0 amide bonds. The Morgan fingerprint density at radius 3 is 2.85 bits per heavy atom. The predicted octanol–water partition coefficient (Wildman–Crippen LogP) is 0.660. The summed E-state index contributed by atoms with van der Waals surface area (Å²) in [5, 5.41) is 5.81. The van der Waals surface area contributed by atoms with Crippen LogP contribution in [-0.2, 0) is 10.0 Å². The maximum atomic E-state index is 13.2. The van der Waals surface area contributed by atoms with Crippen molar-refractivity contribution in [3.05, 3.63) is 41.8 Å². The fourth-order valence-electron chi connectivity index (χ4n) is 1.45. The Balaban J connectivity index is 2.39. The number of hydrogen-bond acceptors (Lipinski definition) is 4. The fraction of sp³-hybridized carbons (Fsp3) is 0.0833. The second kappa shape index (κ2) is 5.73. The number of aromatic amines is 1. The lowest BCUT2D eigenvalue weighted by Crippen LogP contribution is -2.14. The number of sulfonamides is 1. The predicted molar refractivity (Wildman–Crippen MR) is 71.7 cm³/mol.